The maximum atomic E-state index is 11.7. The van der Waals surface area contributed by atoms with Crippen molar-refractivity contribution in [3.8, 4) is 0 Å². The smallest absolute Gasteiger partial charge is 0.394 e. The number of nitrogens with one attached hydrogen (secondary N) is 2. The molecule has 16 N–H and O–H groups in total. The monoisotopic (exact) mass is 1720 g/mol. The van der Waals surface area contributed by atoms with E-state index in [-0.39, 0.29) is 236 Å². The number of hydrogen-bond acceptors (Lipinski definition) is 39. The molecule has 2 fully saturated rings. The minimum Gasteiger partial charge on any atom is -0.394 e. The van der Waals surface area contributed by atoms with Crippen LogP contribution in [-0.2, 0) is 152 Å². The fourth-order valence-corrected chi connectivity index (χ4v) is 13.6. The molecule has 49 heteroatoms. The molecule has 0 spiro atoms. The van der Waals surface area contributed by atoms with Crippen molar-refractivity contribution in [2.75, 3.05) is 225 Å². The Labute approximate surface area is 644 Å². The average molecular weight is 1720 g/mol. The second kappa shape index (κ2) is 60.6. The second-order valence-corrected chi connectivity index (χ2v) is 35.4. The van der Waals surface area contributed by atoms with Gasteiger partial charge >= 0.3 is 254 Å². The number of rotatable bonds is 71. The van der Waals surface area contributed by atoms with Gasteiger partial charge < -0.3 is 137 Å². The summed E-state index contributed by atoms with van der Waals surface area (Å²) in [6.45, 7) is -8.64. The van der Waals surface area contributed by atoms with Gasteiger partial charge in [-0.2, -0.15) is 0 Å². The van der Waals surface area contributed by atoms with Crippen LogP contribution in [0.25, 0.3) is 0 Å². The van der Waals surface area contributed by atoms with Crippen molar-refractivity contribution in [1.29, 1.82) is 0 Å². The summed E-state index contributed by atoms with van der Waals surface area (Å²) < 4.78 is 129. The van der Waals surface area contributed by atoms with Crippen molar-refractivity contribution in [2.45, 2.75) is 133 Å². The molecule has 2 rings (SSSR count). The van der Waals surface area contributed by atoms with E-state index < -0.39 is 145 Å². The molecule has 0 aliphatic carbocycles. The van der Waals surface area contributed by atoms with E-state index in [1.54, 1.807) is 6.92 Å². The molecule has 0 bridgehead atoms. The Morgan fingerprint density at radius 2 is 0.944 bits per heavy atom. The third-order valence-corrected chi connectivity index (χ3v) is 20.6. The Bertz CT molecular complexity index is 2410. The number of aliphatic hydroxyl groups is 9. The molecule has 107 heavy (non-hydrogen) atoms. The van der Waals surface area contributed by atoms with Gasteiger partial charge in [0, 0.05) is 13.8 Å². The zero-order valence-corrected chi connectivity index (χ0v) is 67.6. The maximum absolute atomic E-state index is 11.7. The molecule has 0 aromatic heterocycles. The van der Waals surface area contributed by atoms with Gasteiger partial charge in [0.05, 0.1) is 118 Å². The van der Waals surface area contributed by atoms with E-state index in [2.05, 4.69) is 34.7 Å². The van der Waals surface area contributed by atoms with Gasteiger partial charge in [0.25, 0.3) is 0 Å². The third kappa shape index (κ3) is 51.1. The number of thiol groups is 1. The number of ether oxygens (including phenoxy) is 16. The minimum absolute atomic E-state index is 0.00760. The molecular formula is C58H118N2O39P4S4. The van der Waals surface area contributed by atoms with Gasteiger partial charge in [-0.3, -0.25) is 9.59 Å². The van der Waals surface area contributed by atoms with Crippen LogP contribution in [0.2, 0.25) is 0 Å². The van der Waals surface area contributed by atoms with Crippen LogP contribution in [0.5, 0.6) is 0 Å². The van der Waals surface area contributed by atoms with Gasteiger partial charge in [-0.15, -0.1) is 0 Å². The summed E-state index contributed by atoms with van der Waals surface area (Å²) in [7, 11) is -3.91. The molecule has 16 atom stereocenters. The van der Waals surface area contributed by atoms with Crippen LogP contribution in [0, 0.1) is 5.41 Å². The van der Waals surface area contributed by atoms with Crippen LogP contribution in [0.4, 0.5) is 0 Å². The molecule has 41 nitrogen and oxygen atoms in total. The molecule has 2 aliphatic rings. The van der Waals surface area contributed by atoms with Crippen molar-refractivity contribution < 1.29 is 187 Å². The third-order valence-electron chi connectivity index (χ3n) is 14.5. The molecular weight excluding hydrogens is 1600 g/mol. The van der Waals surface area contributed by atoms with Crippen molar-refractivity contribution in [2.24, 2.45) is 5.41 Å². The van der Waals surface area contributed by atoms with E-state index in [1.807, 2.05) is 0 Å². The van der Waals surface area contributed by atoms with E-state index in [4.69, 9.17) is 131 Å². The molecule has 2 aliphatic heterocycles. The van der Waals surface area contributed by atoms with Crippen molar-refractivity contribution in [1.82, 2.24) is 10.6 Å². The van der Waals surface area contributed by atoms with Crippen molar-refractivity contribution in [3.63, 3.8) is 0 Å². The zero-order chi connectivity index (χ0) is 79.4. The minimum atomic E-state index is -3.92. The topological polar surface area (TPSA) is 554 Å². The summed E-state index contributed by atoms with van der Waals surface area (Å²) in [4.78, 5) is 74.6. The van der Waals surface area contributed by atoms with Crippen LogP contribution >= 0.6 is 39.5 Å². The van der Waals surface area contributed by atoms with E-state index in [9.17, 15) is 80.0 Å². The van der Waals surface area contributed by atoms with Crippen LogP contribution < -0.4 is 10.6 Å². The molecule has 2 heterocycles. The Balaban J connectivity index is 1.92. The number of carbonyl (C=O) groups is 2. The van der Waals surface area contributed by atoms with Crippen LogP contribution in [0.15, 0.2) is 0 Å². The number of carbonyl (C=O) groups excluding carboxylic acids is 2. The Morgan fingerprint density at radius 1 is 0.523 bits per heavy atom. The van der Waals surface area contributed by atoms with Gasteiger partial charge in [-0.1, -0.05) is 0 Å². The van der Waals surface area contributed by atoms with Gasteiger partial charge in [0.15, 0.2) is 12.6 Å². The first-order chi connectivity index (χ1) is 50.9. The fourth-order valence-electron chi connectivity index (χ4n) is 9.24. The molecule has 0 aromatic rings. The Hall–Kier alpha value is 0.190. The standard InChI is InChI=1S/C58H118N2O39P4S4/c1-43(59-44(2)65)56(98-48(36-62)47(68)35-61)88-29-23-78-17-20-81-26-32-95-102(75,106)92-14-6-10-85-41-58(39-83-8-4-12-90-100(72,73)104,40-84-9-5-13-91-101(74,105)94-31-25-80-19-16-77-22-28-87-51-34-46(67)53(69)49(37-63)97-51)42-86-11-7-15-93-103(76,107)96-33-27-82-21-18-79-24-30-89-57-52(60-45(3)66)55(71)54(70)50(38-64)99-57/h43,46-57,61-64,67-71,74,101,105H,4-42H2,1-3H3,(H,59,65)(H,60,66)(H,75,106)(H,76,107)(H2,72,73,104)/t43-,46+,47+,48?,49?,50?,51+,52?,53?,54?,55+,56?,57?,58?,102?,103?/m0/s1. The molecule has 2 saturated heterocycles. The summed E-state index contributed by atoms with van der Waals surface area (Å²) in [6.07, 6.45) is -12.0. The SMILES string of the molecule is CC(=O)NC1C(OCCOCCOCCOP(O)(=S)OCCCOCC(COCCCOP(O)(O)=S)(COCCCOP(O)(=S)OCCOCCOCCOC(OC(CO)[C@H](O)CO)[C@H](C)NC(C)=O)COCCCO[PH](O)(S)OCCOCCOCCO[C@H]2C[C@@H](O)C(O)C(CO)O2)OC(CO)C(O)[C@@H]1O. The van der Waals surface area contributed by atoms with E-state index in [1.165, 1.54) is 13.8 Å². The molecule has 638 valence electrons. The van der Waals surface area contributed by atoms with E-state index in [0.29, 0.717) is 0 Å². The van der Waals surface area contributed by atoms with Crippen LogP contribution in [-0.4, -0.2) is 387 Å². The average Bonchev–Trinajstić information content (AvgIpc) is 0.810. The second-order valence-electron chi connectivity index (χ2n) is 23.7. The summed E-state index contributed by atoms with van der Waals surface area (Å²) in [6, 6.07) is -1.78. The molecule has 2 amide bonds. The normalized spacial score (nSPS) is 23.2. The Morgan fingerprint density at radius 3 is 1.40 bits per heavy atom. The first-order valence-corrected chi connectivity index (χ1v) is 45.4. The Kier molecular flexibility index (Phi) is 58.5. The zero-order valence-electron chi connectivity index (χ0n) is 60.6. The fraction of sp³-hybridized carbons (Fsp3) is 0.966. The molecule has 0 saturated carbocycles. The van der Waals surface area contributed by atoms with Gasteiger partial charge in [-0.05, 0) is 42.3 Å². The predicted octanol–water partition coefficient (Wildman–Crippen LogP) is -3.81. The molecule has 0 radical (unpaired) electrons. The van der Waals surface area contributed by atoms with Gasteiger partial charge in [0.2, 0.25) is 11.8 Å². The number of aliphatic hydroxyl groups excluding tert-OH is 9. The van der Waals surface area contributed by atoms with E-state index >= 15 is 0 Å². The van der Waals surface area contributed by atoms with Gasteiger partial charge in [-0.25, -0.2) is 0 Å². The predicted molar refractivity (Wildman–Crippen MR) is 390 cm³/mol. The quantitative estimate of drug-likeness (QED) is 0.0120. The van der Waals surface area contributed by atoms with Gasteiger partial charge in [0.1, 0.15) is 48.8 Å². The summed E-state index contributed by atoms with van der Waals surface area (Å²) in [5.41, 5.74) is -1.04. The first-order valence-electron chi connectivity index (χ1n) is 34.5. The van der Waals surface area contributed by atoms with Crippen molar-refractivity contribution >= 4 is 86.8 Å². The van der Waals surface area contributed by atoms with Crippen molar-refractivity contribution in [3.05, 3.63) is 0 Å². The summed E-state index contributed by atoms with van der Waals surface area (Å²) in [5, 5.41) is 93.2. The van der Waals surface area contributed by atoms with Crippen LogP contribution in [0.1, 0.15) is 52.9 Å². The number of amides is 2. The summed E-state index contributed by atoms with van der Waals surface area (Å²) >= 11 is 19.1. The molecule has 11 unspecified atom stereocenters. The molecule has 0 aromatic carbocycles. The summed E-state index contributed by atoms with van der Waals surface area (Å²) in [5.74, 6) is -0.862. The number of hydrogen-bond donors (Lipinski definition) is 17. The van der Waals surface area contributed by atoms with Crippen LogP contribution in [0.3, 0.4) is 0 Å². The van der Waals surface area contributed by atoms with E-state index in [0.717, 1.165) is 0 Å². The first kappa shape index (κ1) is 103.